The van der Waals surface area contributed by atoms with Crippen molar-refractivity contribution >= 4 is 21.6 Å². The highest BCUT2D eigenvalue weighted by atomic mass is 32.2. The van der Waals surface area contributed by atoms with Crippen molar-refractivity contribution in [2.45, 2.75) is 26.2 Å². The van der Waals surface area contributed by atoms with Crippen LogP contribution in [0.3, 0.4) is 0 Å². The van der Waals surface area contributed by atoms with Gasteiger partial charge in [-0.05, 0) is 55.2 Å². The maximum atomic E-state index is 12.2. The van der Waals surface area contributed by atoms with E-state index in [2.05, 4.69) is 5.32 Å². The van der Waals surface area contributed by atoms with Gasteiger partial charge in [0.25, 0.3) is 0 Å². The molecule has 30 heavy (non-hydrogen) atoms. The van der Waals surface area contributed by atoms with Crippen LogP contribution in [0, 0.1) is 6.92 Å². The molecule has 0 aromatic heterocycles. The van der Waals surface area contributed by atoms with Crippen molar-refractivity contribution in [3.63, 3.8) is 0 Å². The van der Waals surface area contributed by atoms with E-state index in [0.717, 1.165) is 11.1 Å². The van der Waals surface area contributed by atoms with Gasteiger partial charge in [-0.25, -0.2) is 8.42 Å². The molecule has 1 amide bonds. The van der Waals surface area contributed by atoms with Gasteiger partial charge in [0.1, 0.15) is 0 Å². The van der Waals surface area contributed by atoms with Gasteiger partial charge in [0.05, 0.1) is 26.2 Å². The van der Waals surface area contributed by atoms with E-state index in [1.54, 1.807) is 20.3 Å². The van der Waals surface area contributed by atoms with Crippen LogP contribution < -0.4 is 19.1 Å². The van der Waals surface area contributed by atoms with Crippen LogP contribution in [-0.4, -0.2) is 47.9 Å². The largest absolute Gasteiger partial charge is 0.493 e. The highest BCUT2D eigenvalue weighted by molar-refractivity contribution is 7.92. The SMILES string of the molecule is COc1ccc(CCNC(=O)CCCN(c2cccc(C)c2)S(C)(=O)=O)cc1OC. The summed E-state index contributed by atoms with van der Waals surface area (Å²) in [5.74, 6) is 1.21. The molecule has 0 unspecified atom stereocenters. The van der Waals surface area contributed by atoms with Gasteiger partial charge < -0.3 is 14.8 Å². The van der Waals surface area contributed by atoms with Crippen LogP contribution in [0.1, 0.15) is 24.0 Å². The first-order valence-electron chi connectivity index (χ1n) is 9.76. The number of hydrogen-bond donors (Lipinski definition) is 1. The minimum Gasteiger partial charge on any atom is -0.493 e. The minimum atomic E-state index is -3.42. The molecule has 8 heteroatoms. The molecule has 0 saturated carbocycles. The Morgan fingerprint density at radius 2 is 1.80 bits per heavy atom. The second-order valence-electron chi connectivity index (χ2n) is 7.07. The molecule has 2 aromatic rings. The van der Waals surface area contributed by atoms with Gasteiger partial charge >= 0.3 is 0 Å². The molecule has 164 valence electrons. The second-order valence-corrected chi connectivity index (χ2v) is 8.97. The average molecular weight is 435 g/mol. The summed E-state index contributed by atoms with van der Waals surface area (Å²) < 4.78 is 36.2. The number of methoxy groups -OCH3 is 2. The summed E-state index contributed by atoms with van der Waals surface area (Å²) in [5.41, 5.74) is 2.62. The van der Waals surface area contributed by atoms with E-state index in [1.807, 2.05) is 43.3 Å². The Morgan fingerprint density at radius 1 is 1.07 bits per heavy atom. The van der Waals surface area contributed by atoms with Crippen molar-refractivity contribution in [1.82, 2.24) is 5.32 Å². The molecule has 0 aliphatic heterocycles. The molecule has 0 radical (unpaired) electrons. The summed E-state index contributed by atoms with van der Waals surface area (Å²) in [6.45, 7) is 2.66. The third-order valence-corrected chi connectivity index (χ3v) is 5.83. The Morgan fingerprint density at radius 3 is 2.43 bits per heavy atom. The summed E-state index contributed by atoms with van der Waals surface area (Å²) in [4.78, 5) is 12.2. The summed E-state index contributed by atoms with van der Waals surface area (Å²) in [7, 11) is -0.250. The Kier molecular flexibility index (Phi) is 8.53. The first-order chi connectivity index (χ1) is 14.2. The third kappa shape index (κ3) is 6.95. The third-order valence-electron chi connectivity index (χ3n) is 4.64. The zero-order chi connectivity index (χ0) is 22.1. The van der Waals surface area contributed by atoms with Crippen molar-refractivity contribution in [2.24, 2.45) is 0 Å². The molecule has 0 bridgehead atoms. The Balaban J connectivity index is 1.82. The van der Waals surface area contributed by atoms with Crippen molar-refractivity contribution in [3.8, 4) is 11.5 Å². The van der Waals surface area contributed by atoms with Gasteiger partial charge in [0.2, 0.25) is 15.9 Å². The Bertz CT molecular complexity index is 960. The predicted octanol–water partition coefficient (Wildman–Crippen LogP) is 2.92. The maximum Gasteiger partial charge on any atom is 0.232 e. The molecule has 0 aliphatic rings. The highest BCUT2D eigenvalue weighted by Crippen LogP contribution is 2.27. The number of rotatable bonds is 11. The van der Waals surface area contributed by atoms with Crippen LogP contribution in [-0.2, 0) is 21.2 Å². The normalized spacial score (nSPS) is 11.1. The minimum absolute atomic E-state index is 0.104. The van der Waals surface area contributed by atoms with Crippen LogP contribution in [0.4, 0.5) is 5.69 Å². The lowest BCUT2D eigenvalue weighted by Crippen LogP contribution is -2.32. The second kappa shape index (κ2) is 10.9. The first-order valence-corrected chi connectivity index (χ1v) is 11.6. The number of anilines is 1. The molecule has 0 saturated heterocycles. The van der Waals surface area contributed by atoms with E-state index in [-0.39, 0.29) is 18.9 Å². The van der Waals surface area contributed by atoms with Crippen molar-refractivity contribution in [2.75, 3.05) is 37.9 Å². The van der Waals surface area contributed by atoms with Gasteiger partial charge in [-0.15, -0.1) is 0 Å². The fourth-order valence-corrected chi connectivity index (χ4v) is 4.08. The highest BCUT2D eigenvalue weighted by Gasteiger charge is 2.17. The van der Waals surface area contributed by atoms with Crippen molar-refractivity contribution in [1.29, 1.82) is 0 Å². The number of benzene rings is 2. The number of aryl methyl sites for hydroxylation is 1. The molecule has 7 nitrogen and oxygen atoms in total. The molecular formula is C22H30N2O5S. The Labute approximate surface area is 179 Å². The van der Waals surface area contributed by atoms with Crippen LogP contribution >= 0.6 is 0 Å². The number of hydrogen-bond acceptors (Lipinski definition) is 5. The van der Waals surface area contributed by atoms with E-state index >= 15 is 0 Å². The van der Waals surface area contributed by atoms with E-state index in [4.69, 9.17) is 9.47 Å². The van der Waals surface area contributed by atoms with Crippen molar-refractivity contribution in [3.05, 3.63) is 53.6 Å². The maximum absolute atomic E-state index is 12.2. The summed E-state index contributed by atoms with van der Waals surface area (Å²) in [6.07, 6.45) is 2.52. The van der Waals surface area contributed by atoms with Crippen LogP contribution in [0.15, 0.2) is 42.5 Å². The summed E-state index contributed by atoms with van der Waals surface area (Å²) in [6, 6.07) is 13.0. The molecule has 0 fully saturated rings. The number of nitrogens with zero attached hydrogens (tertiary/aromatic N) is 1. The predicted molar refractivity (Wildman–Crippen MR) is 119 cm³/mol. The zero-order valence-electron chi connectivity index (χ0n) is 18.0. The molecule has 0 aliphatic carbocycles. The monoisotopic (exact) mass is 434 g/mol. The van der Waals surface area contributed by atoms with E-state index < -0.39 is 10.0 Å². The smallest absolute Gasteiger partial charge is 0.232 e. The summed E-state index contributed by atoms with van der Waals surface area (Å²) in [5, 5.41) is 2.88. The lowest BCUT2D eigenvalue weighted by Gasteiger charge is -2.22. The fourth-order valence-electron chi connectivity index (χ4n) is 3.12. The topological polar surface area (TPSA) is 84.9 Å². The van der Waals surface area contributed by atoms with Gasteiger partial charge in [-0.2, -0.15) is 0 Å². The number of ether oxygens (including phenoxy) is 2. The summed E-state index contributed by atoms with van der Waals surface area (Å²) >= 11 is 0. The molecule has 2 rings (SSSR count). The standard InChI is InChI=1S/C22H30N2O5S/c1-17-7-5-8-19(15-17)24(30(4,26)27)14-6-9-22(25)23-13-12-18-10-11-20(28-2)21(16-18)29-3/h5,7-8,10-11,15-16H,6,9,12-14H2,1-4H3,(H,23,25). The molecule has 0 heterocycles. The number of sulfonamides is 1. The number of carbonyl (C=O) groups is 1. The molecular weight excluding hydrogens is 404 g/mol. The van der Waals surface area contributed by atoms with E-state index in [0.29, 0.717) is 36.6 Å². The number of amides is 1. The van der Waals surface area contributed by atoms with Gasteiger partial charge in [0.15, 0.2) is 11.5 Å². The van der Waals surface area contributed by atoms with Gasteiger partial charge in [-0.1, -0.05) is 18.2 Å². The molecule has 0 spiro atoms. The number of nitrogens with one attached hydrogen (secondary N) is 1. The first kappa shape index (κ1) is 23.5. The molecule has 0 atom stereocenters. The molecule has 1 N–H and O–H groups in total. The van der Waals surface area contributed by atoms with Crippen molar-refractivity contribution < 1.29 is 22.7 Å². The van der Waals surface area contributed by atoms with Gasteiger partial charge in [-0.3, -0.25) is 9.10 Å². The fraction of sp³-hybridized carbons (Fsp3) is 0.409. The quantitative estimate of drug-likeness (QED) is 0.588. The lowest BCUT2D eigenvalue weighted by atomic mass is 10.1. The van der Waals surface area contributed by atoms with E-state index in [1.165, 1.54) is 10.6 Å². The van der Waals surface area contributed by atoms with E-state index in [9.17, 15) is 13.2 Å². The lowest BCUT2D eigenvalue weighted by molar-refractivity contribution is -0.121. The molecule has 2 aromatic carbocycles. The number of carbonyl (C=O) groups excluding carboxylic acids is 1. The van der Waals surface area contributed by atoms with Crippen LogP contribution in [0.5, 0.6) is 11.5 Å². The van der Waals surface area contributed by atoms with Crippen LogP contribution in [0.25, 0.3) is 0 Å². The van der Waals surface area contributed by atoms with Crippen LogP contribution in [0.2, 0.25) is 0 Å². The van der Waals surface area contributed by atoms with Gasteiger partial charge in [0, 0.05) is 19.5 Å². The Hall–Kier alpha value is -2.74. The average Bonchev–Trinajstić information content (AvgIpc) is 2.70. The zero-order valence-corrected chi connectivity index (χ0v) is 18.8.